The summed E-state index contributed by atoms with van der Waals surface area (Å²) in [5.74, 6) is 1.22. The molecule has 0 aromatic carbocycles. The van der Waals surface area contributed by atoms with Crippen LogP contribution in [-0.4, -0.2) is 52.7 Å². The van der Waals surface area contributed by atoms with E-state index in [1.54, 1.807) is 37.1 Å². The quantitative estimate of drug-likeness (QED) is 0.391. The number of hydrogen-bond acceptors (Lipinski definition) is 9. The molecule has 0 aliphatic rings. The van der Waals surface area contributed by atoms with Crippen LogP contribution in [0.1, 0.15) is 29.8 Å². The van der Waals surface area contributed by atoms with Gasteiger partial charge in [0.15, 0.2) is 5.82 Å². The number of nitrogens with two attached hydrogens (primary N) is 1. The van der Waals surface area contributed by atoms with E-state index in [0.29, 0.717) is 40.3 Å². The molecule has 4 heterocycles. The van der Waals surface area contributed by atoms with Gasteiger partial charge in [0.25, 0.3) is 5.91 Å². The Bertz CT molecular complexity index is 1210. The number of carbonyl (C=O) groups is 1. The Kier molecular flexibility index (Phi) is 9.24. The number of pyridine rings is 2. The van der Waals surface area contributed by atoms with E-state index >= 15 is 0 Å². The van der Waals surface area contributed by atoms with Crippen molar-refractivity contribution in [2.45, 2.75) is 20.3 Å². The van der Waals surface area contributed by atoms with Crippen LogP contribution in [0.25, 0.3) is 21.7 Å². The smallest absolute Gasteiger partial charge is 0.252 e. The van der Waals surface area contributed by atoms with Gasteiger partial charge in [-0.2, -0.15) is 0 Å². The van der Waals surface area contributed by atoms with Crippen molar-refractivity contribution >= 4 is 33.3 Å². The first-order valence-electron chi connectivity index (χ1n) is 10.9. The fourth-order valence-corrected chi connectivity index (χ4v) is 4.08. The number of nitrogen functional groups attached to an aromatic ring is 1. The second-order valence-electron chi connectivity index (χ2n) is 6.95. The van der Waals surface area contributed by atoms with Gasteiger partial charge in [-0.05, 0) is 38.5 Å². The highest BCUT2D eigenvalue weighted by Crippen LogP contribution is 2.30. The third kappa shape index (κ3) is 6.24. The van der Waals surface area contributed by atoms with Crippen molar-refractivity contribution in [2.24, 2.45) is 0 Å². The molecule has 0 fully saturated rings. The number of fused-ring (bicyclic) bond motifs is 1. The summed E-state index contributed by atoms with van der Waals surface area (Å²) in [5, 5.41) is 5.22. The summed E-state index contributed by atoms with van der Waals surface area (Å²) in [5.41, 5.74) is 8.18. The van der Waals surface area contributed by atoms with Crippen molar-refractivity contribution in [1.29, 1.82) is 0 Å². The first-order valence-corrected chi connectivity index (χ1v) is 11.8. The molecule has 4 aromatic heterocycles. The molecule has 0 saturated heterocycles. The number of hydrogen-bond donors (Lipinski definition) is 2. The van der Waals surface area contributed by atoms with Crippen LogP contribution in [-0.2, 0) is 11.2 Å². The topological polar surface area (TPSA) is 125 Å². The molecule has 1 amide bonds. The highest BCUT2D eigenvalue weighted by atomic mass is 32.1. The lowest BCUT2D eigenvalue weighted by atomic mass is 10.1. The minimum atomic E-state index is -0.222. The lowest BCUT2D eigenvalue weighted by Gasteiger charge is -2.09. The number of ether oxygens (including phenoxy) is 2. The molecule has 0 spiro atoms. The molecule has 10 heteroatoms. The van der Waals surface area contributed by atoms with E-state index in [1.165, 1.54) is 11.3 Å². The molecule has 0 atom stereocenters. The third-order valence-corrected chi connectivity index (χ3v) is 5.64. The van der Waals surface area contributed by atoms with E-state index in [2.05, 4.69) is 25.3 Å². The van der Waals surface area contributed by atoms with E-state index in [9.17, 15) is 4.79 Å². The third-order valence-electron chi connectivity index (χ3n) is 4.77. The molecule has 4 rings (SSSR count). The monoisotopic (exact) mass is 480 g/mol. The summed E-state index contributed by atoms with van der Waals surface area (Å²) in [7, 11) is 1.61. The molecular formula is C24H28N6O3S. The van der Waals surface area contributed by atoms with Gasteiger partial charge in [0.2, 0.25) is 0 Å². The standard InChI is InChI=1S/C20H18N6O2S.C4H10O/c1-28-15-6-8-22-10-12(15)5-9-24-19(27)13-11-29-20-16(13)17(21)25-18(26-20)14-4-2-3-7-23-14;1-3-5-4-2/h2-4,6-8,10-11H,5,9H2,1H3,(H,24,27)(H2,21,25,26);3-4H2,1-2H3. The summed E-state index contributed by atoms with van der Waals surface area (Å²) < 4.78 is 10.1. The van der Waals surface area contributed by atoms with Gasteiger partial charge in [-0.3, -0.25) is 14.8 Å². The van der Waals surface area contributed by atoms with Gasteiger partial charge >= 0.3 is 0 Å². The Labute approximate surface area is 202 Å². The Balaban J connectivity index is 0.000000588. The van der Waals surface area contributed by atoms with Crippen LogP contribution in [0.15, 0.2) is 48.2 Å². The van der Waals surface area contributed by atoms with Crippen LogP contribution in [0.3, 0.4) is 0 Å². The molecule has 3 N–H and O–H groups in total. The molecule has 0 aliphatic carbocycles. The minimum Gasteiger partial charge on any atom is -0.496 e. The Morgan fingerprint density at radius 1 is 1.15 bits per heavy atom. The van der Waals surface area contributed by atoms with Gasteiger partial charge in [-0.25, -0.2) is 9.97 Å². The number of aromatic nitrogens is 4. The fourth-order valence-electron chi connectivity index (χ4n) is 3.16. The second-order valence-corrected chi connectivity index (χ2v) is 7.81. The van der Waals surface area contributed by atoms with Gasteiger partial charge in [0.05, 0.1) is 18.1 Å². The number of amides is 1. The number of thiophene rings is 1. The number of carbonyl (C=O) groups excluding carboxylic acids is 1. The van der Waals surface area contributed by atoms with Gasteiger partial charge in [0, 0.05) is 49.3 Å². The van der Waals surface area contributed by atoms with Gasteiger partial charge in [0.1, 0.15) is 22.1 Å². The van der Waals surface area contributed by atoms with Crippen molar-refractivity contribution in [1.82, 2.24) is 25.3 Å². The van der Waals surface area contributed by atoms with Crippen LogP contribution in [0.5, 0.6) is 5.75 Å². The zero-order valence-corrected chi connectivity index (χ0v) is 20.3. The van der Waals surface area contributed by atoms with Crippen LogP contribution in [0.4, 0.5) is 5.82 Å². The molecule has 0 radical (unpaired) electrons. The lowest BCUT2D eigenvalue weighted by molar-refractivity contribution is 0.0956. The summed E-state index contributed by atoms with van der Waals surface area (Å²) in [6, 6.07) is 7.28. The highest BCUT2D eigenvalue weighted by molar-refractivity contribution is 7.17. The first kappa shape index (κ1) is 25.0. The van der Waals surface area contributed by atoms with E-state index in [-0.39, 0.29) is 11.7 Å². The van der Waals surface area contributed by atoms with Gasteiger partial charge in [-0.1, -0.05) is 6.07 Å². The molecule has 4 aromatic rings. The molecule has 9 nitrogen and oxygen atoms in total. The lowest BCUT2D eigenvalue weighted by Crippen LogP contribution is -2.25. The average molecular weight is 481 g/mol. The normalized spacial score (nSPS) is 10.4. The van der Waals surface area contributed by atoms with Crippen LogP contribution in [0.2, 0.25) is 0 Å². The van der Waals surface area contributed by atoms with E-state index in [4.69, 9.17) is 15.2 Å². The summed E-state index contributed by atoms with van der Waals surface area (Å²) in [6.07, 6.45) is 5.67. The average Bonchev–Trinajstić information content (AvgIpc) is 3.31. The number of nitrogens with zero attached hydrogens (tertiary/aromatic N) is 4. The van der Waals surface area contributed by atoms with E-state index in [1.807, 2.05) is 32.0 Å². The number of methoxy groups -OCH3 is 1. The van der Waals surface area contributed by atoms with Crippen molar-refractivity contribution in [3.8, 4) is 17.3 Å². The Hall–Kier alpha value is -3.63. The van der Waals surface area contributed by atoms with Crippen molar-refractivity contribution in [3.63, 3.8) is 0 Å². The number of nitrogens with one attached hydrogen (secondary N) is 1. The van der Waals surface area contributed by atoms with Crippen LogP contribution < -0.4 is 15.8 Å². The molecular weight excluding hydrogens is 452 g/mol. The predicted molar refractivity (Wildman–Crippen MR) is 134 cm³/mol. The number of anilines is 1. The number of rotatable bonds is 8. The summed E-state index contributed by atoms with van der Waals surface area (Å²) in [6.45, 7) is 6.10. The molecule has 178 valence electrons. The SMILES string of the molecule is CCOCC.COc1ccncc1CCNC(=O)c1csc2nc(-c3ccccn3)nc(N)c12. The maximum absolute atomic E-state index is 12.7. The van der Waals surface area contributed by atoms with E-state index in [0.717, 1.165) is 24.5 Å². The Morgan fingerprint density at radius 2 is 1.97 bits per heavy atom. The molecule has 0 saturated carbocycles. The van der Waals surface area contributed by atoms with Crippen LogP contribution in [0, 0.1) is 0 Å². The molecule has 0 bridgehead atoms. The largest absolute Gasteiger partial charge is 0.496 e. The first-order chi connectivity index (χ1) is 16.6. The molecule has 34 heavy (non-hydrogen) atoms. The predicted octanol–water partition coefficient (Wildman–Crippen LogP) is 3.75. The van der Waals surface area contributed by atoms with Gasteiger partial charge in [-0.15, -0.1) is 11.3 Å². The van der Waals surface area contributed by atoms with E-state index < -0.39 is 0 Å². The van der Waals surface area contributed by atoms with Crippen molar-refractivity contribution < 1.29 is 14.3 Å². The fraction of sp³-hybridized carbons (Fsp3) is 0.292. The zero-order chi connectivity index (χ0) is 24.3. The Morgan fingerprint density at radius 3 is 2.65 bits per heavy atom. The zero-order valence-electron chi connectivity index (χ0n) is 19.4. The van der Waals surface area contributed by atoms with Crippen molar-refractivity contribution in [2.75, 3.05) is 32.6 Å². The minimum absolute atomic E-state index is 0.222. The highest BCUT2D eigenvalue weighted by Gasteiger charge is 2.18. The summed E-state index contributed by atoms with van der Waals surface area (Å²) in [4.78, 5) is 30.6. The van der Waals surface area contributed by atoms with Gasteiger partial charge < -0.3 is 20.5 Å². The second kappa shape index (κ2) is 12.6. The summed E-state index contributed by atoms with van der Waals surface area (Å²) >= 11 is 1.35. The maximum Gasteiger partial charge on any atom is 0.252 e. The van der Waals surface area contributed by atoms with Crippen molar-refractivity contribution in [3.05, 3.63) is 59.4 Å². The molecule has 0 unspecified atom stereocenters. The van der Waals surface area contributed by atoms with Crippen LogP contribution >= 0.6 is 11.3 Å². The maximum atomic E-state index is 12.7. The molecule has 0 aliphatic heterocycles.